The third-order valence-corrected chi connectivity index (χ3v) is 3.00. The van der Waals surface area contributed by atoms with Gasteiger partial charge in [0, 0.05) is 25.7 Å². The zero-order valence-electron chi connectivity index (χ0n) is 8.46. The largest absolute Gasteiger partial charge is 0.339 e. The number of hydrogen-bond acceptors (Lipinski definition) is 2. The second-order valence-electron chi connectivity index (χ2n) is 3.73. The van der Waals surface area contributed by atoms with E-state index in [1.54, 1.807) is 0 Å². The number of hydrogen-bond donors (Lipinski definition) is 0. The molecule has 0 aromatic carbocycles. The lowest BCUT2D eigenvalue weighted by Crippen LogP contribution is -2.53. The summed E-state index contributed by atoms with van der Waals surface area (Å²) in [5, 5.41) is 0. The zero-order chi connectivity index (χ0) is 10.0. The molecule has 3 nitrogen and oxygen atoms in total. The van der Waals surface area contributed by atoms with Gasteiger partial charge in [-0.3, -0.25) is 4.79 Å². The van der Waals surface area contributed by atoms with Gasteiger partial charge in [0.15, 0.2) is 0 Å². The van der Waals surface area contributed by atoms with Gasteiger partial charge in [0.25, 0.3) is 0 Å². The van der Waals surface area contributed by atoms with E-state index in [9.17, 15) is 4.79 Å². The highest BCUT2D eigenvalue weighted by molar-refractivity contribution is 9.10. The zero-order valence-corrected chi connectivity index (χ0v) is 10.0. The molecule has 2 atom stereocenters. The van der Waals surface area contributed by atoms with Crippen molar-refractivity contribution >= 4 is 21.8 Å². The summed E-state index contributed by atoms with van der Waals surface area (Å²) < 4.78 is 0. The van der Waals surface area contributed by atoms with Crippen LogP contribution in [0.1, 0.15) is 13.8 Å². The van der Waals surface area contributed by atoms with Crippen molar-refractivity contribution in [1.82, 2.24) is 9.80 Å². The Balaban J connectivity index is 2.50. The number of amides is 1. The monoisotopic (exact) mass is 248 g/mol. The van der Waals surface area contributed by atoms with Gasteiger partial charge in [0.1, 0.15) is 0 Å². The molecular formula is C9H17BrN2O. The van der Waals surface area contributed by atoms with E-state index in [1.807, 2.05) is 11.8 Å². The van der Waals surface area contributed by atoms with E-state index in [0.29, 0.717) is 6.04 Å². The van der Waals surface area contributed by atoms with Gasteiger partial charge < -0.3 is 9.80 Å². The number of rotatable bonds is 1. The number of nitrogens with zero attached hydrogens (tertiary/aromatic N) is 2. The van der Waals surface area contributed by atoms with Crippen molar-refractivity contribution < 1.29 is 4.79 Å². The van der Waals surface area contributed by atoms with E-state index in [0.717, 1.165) is 19.6 Å². The Morgan fingerprint density at radius 1 is 1.54 bits per heavy atom. The van der Waals surface area contributed by atoms with E-state index in [4.69, 9.17) is 0 Å². The summed E-state index contributed by atoms with van der Waals surface area (Å²) in [6, 6.07) is 0.476. The maximum absolute atomic E-state index is 11.6. The van der Waals surface area contributed by atoms with Gasteiger partial charge >= 0.3 is 0 Å². The van der Waals surface area contributed by atoms with Gasteiger partial charge in [-0.2, -0.15) is 0 Å². The van der Waals surface area contributed by atoms with Crippen LogP contribution in [0.3, 0.4) is 0 Å². The van der Waals surface area contributed by atoms with Crippen LogP contribution in [0.15, 0.2) is 0 Å². The van der Waals surface area contributed by atoms with Gasteiger partial charge in [0.2, 0.25) is 5.91 Å². The van der Waals surface area contributed by atoms with Gasteiger partial charge in [-0.15, -0.1) is 0 Å². The minimum absolute atomic E-state index is 0.0527. The van der Waals surface area contributed by atoms with Crippen LogP contribution in [0.2, 0.25) is 0 Å². The lowest BCUT2D eigenvalue weighted by molar-refractivity contribution is -0.132. The molecule has 1 heterocycles. The highest BCUT2D eigenvalue weighted by Gasteiger charge is 2.25. The third-order valence-electron chi connectivity index (χ3n) is 2.61. The van der Waals surface area contributed by atoms with Crippen molar-refractivity contribution in [2.75, 3.05) is 26.7 Å². The van der Waals surface area contributed by atoms with E-state index >= 15 is 0 Å². The first-order valence-electron chi connectivity index (χ1n) is 4.65. The second kappa shape index (κ2) is 4.42. The molecule has 76 valence electrons. The maximum Gasteiger partial charge on any atom is 0.236 e. The molecule has 1 fully saturated rings. The van der Waals surface area contributed by atoms with Crippen LogP contribution in [0.4, 0.5) is 0 Å². The molecular weight excluding hydrogens is 232 g/mol. The minimum atomic E-state index is -0.0527. The smallest absolute Gasteiger partial charge is 0.236 e. The molecule has 0 aliphatic carbocycles. The second-order valence-corrected chi connectivity index (χ2v) is 5.10. The average molecular weight is 249 g/mol. The van der Waals surface area contributed by atoms with E-state index < -0.39 is 0 Å². The number of halogens is 1. The molecule has 1 aliphatic heterocycles. The van der Waals surface area contributed by atoms with Crippen LogP contribution in [0, 0.1) is 0 Å². The van der Waals surface area contributed by atoms with Gasteiger partial charge in [-0.1, -0.05) is 15.9 Å². The Hall–Kier alpha value is -0.0900. The molecule has 2 unspecified atom stereocenters. The number of piperazine rings is 1. The third kappa shape index (κ3) is 2.68. The van der Waals surface area contributed by atoms with Crippen LogP contribution >= 0.6 is 15.9 Å². The van der Waals surface area contributed by atoms with E-state index in [-0.39, 0.29) is 10.7 Å². The van der Waals surface area contributed by atoms with Crippen LogP contribution in [0.5, 0.6) is 0 Å². The molecule has 0 aromatic heterocycles. The van der Waals surface area contributed by atoms with Crippen molar-refractivity contribution in [3.05, 3.63) is 0 Å². The average Bonchev–Trinajstić information content (AvgIpc) is 2.08. The summed E-state index contributed by atoms with van der Waals surface area (Å²) in [7, 11) is 2.10. The van der Waals surface area contributed by atoms with Crippen LogP contribution in [-0.4, -0.2) is 53.3 Å². The predicted octanol–water partition coefficient (Wildman–Crippen LogP) is 0.932. The minimum Gasteiger partial charge on any atom is -0.339 e. The number of alkyl halides is 1. The fourth-order valence-electron chi connectivity index (χ4n) is 1.50. The van der Waals surface area contributed by atoms with Gasteiger partial charge in [-0.25, -0.2) is 0 Å². The Morgan fingerprint density at radius 2 is 2.15 bits per heavy atom. The molecule has 0 aromatic rings. The van der Waals surface area contributed by atoms with Crippen molar-refractivity contribution in [3.63, 3.8) is 0 Å². The molecule has 0 radical (unpaired) electrons. The number of carbonyl (C=O) groups excluding carboxylic acids is 1. The fourth-order valence-corrected chi connectivity index (χ4v) is 1.79. The lowest BCUT2D eigenvalue weighted by atomic mass is 10.2. The van der Waals surface area contributed by atoms with Crippen molar-refractivity contribution in [2.24, 2.45) is 0 Å². The summed E-state index contributed by atoms with van der Waals surface area (Å²) in [5.74, 6) is 0.208. The van der Waals surface area contributed by atoms with E-state index in [2.05, 4.69) is 34.8 Å². The Morgan fingerprint density at radius 3 is 2.62 bits per heavy atom. The summed E-state index contributed by atoms with van der Waals surface area (Å²) in [5.41, 5.74) is 0. The summed E-state index contributed by atoms with van der Waals surface area (Å²) in [6.07, 6.45) is 0. The fraction of sp³-hybridized carbons (Fsp3) is 0.889. The van der Waals surface area contributed by atoms with Crippen LogP contribution in [0.25, 0.3) is 0 Å². The number of carbonyl (C=O) groups is 1. The lowest BCUT2D eigenvalue weighted by Gasteiger charge is -2.38. The van der Waals surface area contributed by atoms with Crippen LogP contribution < -0.4 is 0 Å². The Kier molecular flexibility index (Phi) is 3.74. The molecule has 1 saturated heterocycles. The molecule has 0 N–H and O–H groups in total. The Labute approximate surface area is 88.2 Å². The first kappa shape index (κ1) is 11.0. The van der Waals surface area contributed by atoms with Gasteiger partial charge in [0.05, 0.1) is 4.83 Å². The summed E-state index contributed by atoms with van der Waals surface area (Å²) >= 11 is 3.31. The first-order valence-corrected chi connectivity index (χ1v) is 5.57. The molecule has 0 saturated carbocycles. The molecule has 4 heteroatoms. The standard InChI is InChI=1S/C9H17BrN2O/c1-7-6-12(5-4-11(7)3)9(13)8(2)10/h7-8H,4-6H2,1-3H3. The van der Waals surface area contributed by atoms with Gasteiger partial charge in [-0.05, 0) is 20.9 Å². The van der Waals surface area contributed by atoms with Crippen LogP contribution in [-0.2, 0) is 4.79 Å². The topological polar surface area (TPSA) is 23.6 Å². The predicted molar refractivity (Wildman–Crippen MR) is 57.1 cm³/mol. The molecule has 0 spiro atoms. The SMILES string of the molecule is CC(Br)C(=O)N1CCN(C)C(C)C1. The molecule has 0 bridgehead atoms. The quantitative estimate of drug-likeness (QED) is 0.645. The highest BCUT2D eigenvalue weighted by atomic mass is 79.9. The van der Waals surface area contributed by atoms with E-state index in [1.165, 1.54) is 0 Å². The Bertz CT molecular complexity index is 196. The molecule has 1 aliphatic rings. The summed E-state index contributed by atoms with van der Waals surface area (Å²) in [4.78, 5) is 15.8. The molecule has 13 heavy (non-hydrogen) atoms. The maximum atomic E-state index is 11.6. The normalized spacial score (nSPS) is 27.4. The molecule has 1 rings (SSSR count). The van der Waals surface area contributed by atoms with Crippen molar-refractivity contribution in [1.29, 1.82) is 0 Å². The first-order chi connectivity index (χ1) is 6.02. The molecule has 1 amide bonds. The van der Waals surface area contributed by atoms with Crippen molar-refractivity contribution in [2.45, 2.75) is 24.7 Å². The summed E-state index contributed by atoms with van der Waals surface area (Å²) in [6.45, 7) is 6.72. The number of likely N-dealkylation sites (N-methyl/N-ethyl adjacent to an activating group) is 1. The highest BCUT2D eigenvalue weighted by Crippen LogP contribution is 2.11. The van der Waals surface area contributed by atoms with Crippen molar-refractivity contribution in [3.8, 4) is 0 Å².